The number of carboxylic acid groups (broad SMARTS) is 1. The highest BCUT2D eigenvalue weighted by molar-refractivity contribution is 5.68. The largest absolute Gasteiger partial charge is 0.480 e. The fourth-order valence-electron chi connectivity index (χ4n) is 4.39. The maximum absolute atomic E-state index is 11.9. The van der Waals surface area contributed by atoms with Crippen LogP contribution in [0.4, 0.5) is 4.79 Å². The van der Waals surface area contributed by atoms with Crippen LogP contribution in [0.2, 0.25) is 0 Å². The van der Waals surface area contributed by atoms with Crippen molar-refractivity contribution in [3.8, 4) is 0 Å². The zero-order valence-electron chi connectivity index (χ0n) is 31.7. The lowest BCUT2D eigenvalue weighted by Crippen LogP contribution is -2.31. The lowest BCUT2D eigenvalue weighted by Gasteiger charge is -2.18. The van der Waals surface area contributed by atoms with Gasteiger partial charge in [0.1, 0.15) is 12.7 Å². The monoisotopic (exact) mass is 769 g/mol. The van der Waals surface area contributed by atoms with Crippen molar-refractivity contribution in [2.45, 2.75) is 44.6 Å². The molecule has 0 aromatic rings. The Labute approximate surface area is 315 Å². The predicted octanol–water partition coefficient (Wildman–Crippen LogP) is 2.28. The molecule has 0 saturated carbocycles. The molecule has 0 radical (unpaired) electrons. The number of aliphatic carboxylic acids is 1. The summed E-state index contributed by atoms with van der Waals surface area (Å²) in [7, 11) is 0. The quantitative estimate of drug-likeness (QED) is 0.0682. The van der Waals surface area contributed by atoms with Crippen LogP contribution in [0.5, 0.6) is 0 Å². The van der Waals surface area contributed by atoms with Gasteiger partial charge in [0.2, 0.25) is 0 Å². The van der Waals surface area contributed by atoms with E-state index >= 15 is 0 Å². The van der Waals surface area contributed by atoms with Crippen LogP contribution in [0.3, 0.4) is 0 Å². The second kappa shape index (κ2) is 41.2. The summed E-state index contributed by atoms with van der Waals surface area (Å²) >= 11 is 0. The highest BCUT2D eigenvalue weighted by Crippen LogP contribution is 2.15. The minimum Gasteiger partial charge on any atom is -0.480 e. The van der Waals surface area contributed by atoms with Gasteiger partial charge in [0, 0.05) is 19.8 Å². The van der Waals surface area contributed by atoms with Crippen molar-refractivity contribution in [1.29, 1.82) is 0 Å². The number of amides is 1. The van der Waals surface area contributed by atoms with Crippen molar-refractivity contribution < 1.29 is 76.3 Å². The molecule has 312 valence electrons. The van der Waals surface area contributed by atoms with Gasteiger partial charge in [-0.25, -0.2) is 9.59 Å². The molecule has 0 fully saturated rings. The van der Waals surface area contributed by atoms with E-state index in [1.54, 1.807) is 0 Å². The first-order valence-corrected chi connectivity index (χ1v) is 18.9. The first-order chi connectivity index (χ1) is 26.2. The van der Waals surface area contributed by atoms with Crippen LogP contribution in [0.25, 0.3) is 0 Å². The Bertz CT molecular complexity index is 824. The average Bonchev–Trinajstić information content (AvgIpc) is 3.13. The van der Waals surface area contributed by atoms with E-state index in [0.717, 1.165) is 38.5 Å². The first kappa shape index (κ1) is 49.0. The molecule has 1 amide bonds. The molecule has 1 aliphatic carbocycles. The molecule has 0 heterocycles. The molecule has 0 spiro atoms. The van der Waals surface area contributed by atoms with E-state index in [1.807, 2.05) is 0 Å². The Balaban J connectivity index is 1.64. The van der Waals surface area contributed by atoms with Crippen LogP contribution >= 0.6 is 0 Å². The third-order valence-electron chi connectivity index (χ3n) is 7.03. The van der Waals surface area contributed by atoms with Gasteiger partial charge < -0.3 is 72.0 Å². The van der Waals surface area contributed by atoms with Crippen LogP contribution in [0, 0.1) is 0 Å². The normalized spacial score (nSPS) is 15.2. The minimum atomic E-state index is -0.989. The fraction of sp³-hybridized carbons (Fsp3) is 0.889. The number of hydrogen-bond acceptors (Lipinski definition) is 15. The molecule has 2 N–H and O–H groups in total. The van der Waals surface area contributed by atoms with Gasteiger partial charge in [-0.1, -0.05) is 12.2 Å². The summed E-state index contributed by atoms with van der Waals surface area (Å²) in [5.41, 5.74) is 0. The number of carbonyl (C=O) groups is 2. The number of allylic oxidation sites excluding steroid dienone is 2. The summed E-state index contributed by atoms with van der Waals surface area (Å²) in [6, 6.07) is 0. The SMILES string of the molecule is O=C(O)COCCOCCCOCCOCCOCCOCCOCCOCCOCCOCCOCCOCCNC(=O)OC1CC/C=C/CCC1. The molecule has 1 aliphatic rings. The summed E-state index contributed by atoms with van der Waals surface area (Å²) < 4.78 is 70.4. The third kappa shape index (κ3) is 39.5. The van der Waals surface area contributed by atoms with Crippen molar-refractivity contribution in [3.05, 3.63) is 12.2 Å². The van der Waals surface area contributed by atoms with E-state index in [1.165, 1.54) is 0 Å². The highest BCUT2D eigenvalue weighted by atomic mass is 16.6. The molecule has 0 bridgehead atoms. The summed E-state index contributed by atoms with van der Waals surface area (Å²) in [6.45, 7) is 10.9. The number of alkyl carbamates (subject to hydrolysis) is 1. The van der Waals surface area contributed by atoms with Crippen LogP contribution in [-0.2, 0) is 66.4 Å². The molecular weight excluding hydrogens is 702 g/mol. The number of nitrogens with one attached hydrogen (secondary N) is 1. The van der Waals surface area contributed by atoms with E-state index in [2.05, 4.69) is 17.5 Å². The van der Waals surface area contributed by atoms with Crippen molar-refractivity contribution in [1.82, 2.24) is 5.32 Å². The Kier molecular flexibility index (Phi) is 38.1. The molecule has 1 unspecified atom stereocenters. The van der Waals surface area contributed by atoms with Crippen LogP contribution in [0.1, 0.15) is 38.5 Å². The van der Waals surface area contributed by atoms with Gasteiger partial charge >= 0.3 is 12.1 Å². The van der Waals surface area contributed by atoms with Gasteiger partial charge in [-0.15, -0.1) is 0 Å². The van der Waals surface area contributed by atoms with E-state index in [4.69, 9.17) is 66.7 Å². The molecule has 0 aromatic carbocycles. The maximum atomic E-state index is 11.9. The number of carbonyl (C=O) groups excluding carboxylic acids is 1. The van der Waals surface area contributed by atoms with Crippen molar-refractivity contribution in [3.63, 3.8) is 0 Å². The molecule has 17 heteroatoms. The molecular formula is C36H67NO16. The van der Waals surface area contributed by atoms with Gasteiger partial charge in [0.25, 0.3) is 0 Å². The summed E-state index contributed by atoms with van der Waals surface area (Å²) in [5, 5.41) is 11.2. The maximum Gasteiger partial charge on any atom is 0.407 e. The third-order valence-corrected chi connectivity index (χ3v) is 7.03. The Morgan fingerprint density at radius 3 is 1.25 bits per heavy atom. The highest BCUT2D eigenvalue weighted by Gasteiger charge is 2.14. The molecule has 0 aliphatic heterocycles. The Hall–Kier alpha value is -2.00. The summed E-state index contributed by atoms with van der Waals surface area (Å²) in [5.74, 6) is -0.989. The van der Waals surface area contributed by atoms with Crippen molar-refractivity contribution >= 4 is 12.1 Å². The average molecular weight is 770 g/mol. The molecule has 1 atom stereocenters. The number of rotatable bonds is 40. The zero-order chi connectivity index (χ0) is 38.0. The van der Waals surface area contributed by atoms with Crippen LogP contribution < -0.4 is 5.32 Å². The van der Waals surface area contributed by atoms with Gasteiger partial charge in [0.05, 0.1) is 139 Å². The Morgan fingerprint density at radius 1 is 0.472 bits per heavy atom. The smallest absolute Gasteiger partial charge is 0.407 e. The van der Waals surface area contributed by atoms with Gasteiger partial charge in [0.15, 0.2) is 0 Å². The van der Waals surface area contributed by atoms with Crippen molar-refractivity contribution in [2.75, 3.05) is 165 Å². The first-order valence-electron chi connectivity index (χ1n) is 18.9. The van der Waals surface area contributed by atoms with Gasteiger partial charge in [-0.3, -0.25) is 0 Å². The van der Waals surface area contributed by atoms with Crippen molar-refractivity contribution in [2.24, 2.45) is 0 Å². The fourth-order valence-corrected chi connectivity index (χ4v) is 4.39. The predicted molar refractivity (Wildman–Crippen MR) is 193 cm³/mol. The lowest BCUT2D eigenvalue weighted by molar-refractivity contribution is -0.142. The second-order valence-electron chi connectivity index (χ2n) is 11.5. The van der Waals surface area contributed by atoms with E-state index in [-0.39, 0.29) is 25.4 Å². The summed E-state index contributed by atoms with van der Waals surface area (Å²) in [6.07, 6.45) is 9.52. The molecule has 53 heavy (non-hydrogen) atoms. The van der Waals surface area contributed by atoms with Gasteiger partial charge in [-0.2, -0.15) is 0 Å². The van der Waals surface area contributed by atoms with Crippen LogP contribution in [0.15, 0.2) is 12.2 Å². The number of hydrogen-bond donors (Lipinski definition) is 2. The standard InChI is InChI=1S/C36H67NO16/c38-35(39)33-52-32-31-42-11-6-10-41-13-15-44-17-19-46-21-23-48-25-27-50-29-30-51-28-26-49-24-22-47-20-18-45-16-14-43-12-9-37-36(40)53-34-7-4-2-1-3-5-8-34/h1-2,34H,3-33H2,(H,37,40)(H,38,39)/b2-1+. The van der Waals surface area contributed by atoms with E-state index in [9.17, 15) is 9.59 Å². The van der Waals surface area contributed by atoms with Gasteiger partial charge in [-0.05, 0) is 38.5 Å². The number of carboxylic acids is 1. The zero-order valence-corrected chi connectivity index (χ0v) is 31.7. The second-order valence-corrected chi connectivity index (χ2v) is 11.5. The Morgan fingerprint density at radius 2 is 0.830 bits per heavy atom. The van der Waals surface area contributed by atoms with Crippen LogP contribution in [-0.4, -0.2) is 188 Å². The topological polar surface area (TPSA) is 186 Å². The van der Waals surface area contributed by atoms with E-state index < -0.39 is 5.97 Å². The summed E-state index contributed by atoms with van der Waals surface area (Å²) in [4.78, 5) is 22.2. The molecule has 1 rings (SSSR count). The molecule has 0 aromatic heterocycles. The van der Waals surface area contributed by atoms with E-state index in [0.29, 0.717) is 152 Å². The molecule has 17 nitrogen and oxygen atoms in total. The number of ether oxygens (including phenoxy) is 13. The lowest BCUT2D eigenvalue weighted by atomic mass is 10.0. The minimum absolute atomic E-state index is 0.0123. The molecule has 0 saturated heterocycles.